The fourth-order valence-corrected chi connectivity index (χ4v) is 4.96. The number of nitrogens with two attached hydrogens (primary N) is 1. The van der Waals surface area contributed by atoms with Crippen LogP contribution in [0, 0.1) is 16.7 Å². The van der Waals surface area contributed by atoms with Crippen LogP contribution in [0.3, 0.4) is 0 Å². The van der Waals surface area contributed by atoms with Crippen LogP contribution in [0.5, 0.6) is 17.2 Å². The molecule has 0 radical (unpaired) electrons. The maximum Gasteiger partial charge on any atom is 0.271 e. The molecule has 1 aromatic carbocycles. The minimum Gasteiger partial charge on any atom is -0.493 e. The molecule has 2 aliphatic rings. The predicted octanol–water partition coefficient (Wildman–Crippen LogP) is 3.19. The van der Waals surface area contributed by atoms with Crippen LogP contribution in [-0.2, 0) is 4.79 Å². The first-order chi connectivity index (χ1) is 17.7. The van der Waals surface area contributed by atoms with Crippen molar-refractivity contribution in [2.24, 2.45) is 11.1 Å². The van der Waals surface area contributed by atoms with Crippen molar-refractivity contribution in [3.63, 3.8) is 0 Å². The molecule has 192 valence electrons. The van der Waals surface area contributed by atoms with E-state index in [9.17, 15) is 14.9 Å². The second-order valence-electron chi connectivity index (χ2n) is 9.59. The molecule has 2 heterocycles. The highest BCUT2D eigenvalue weighted by Gasteiger charge is 2.46. The Morgan fingerprint density at radius 1 is 1.16 bits per heavy atom. The van der Waals surface area contributed by atoms with Crippen LogP contribution < -0.4 is 25.4 Å². The van der Waals surface area contributed by atoms with Gasteiger partial charge in [0.1, 0.15) is 5.82 Å². The average molecular weight is 504 g/mol. The van der Waals surface area contributed by atoms with Gasteiger partial charge in [0.2, 0.25) is 5.75 Å². The molecule has 0 bridgehead atoms. The molecule has 0 fully saturated rings. The van der Waals surface area contributed by atoms with Crippen LogP contribution in [0.15, 0.2) is 59.3 Å². The molecule has 1 aliphatic carbocycles. The van der Waals surface area contributed by atoms with Gasteiger partial charge in [0, 0.05) is 30.0 Å². The first-order valence-corrected chi connectivity index (χ1v) is 11.6. The maximum atomic E-state index is 13.7. The number of allylic oxidation sites excluding steroid dienone is 3. The Hall–Kier alpha value is -4.52. The summed E-state index contributed by atoms with van der Waals surface area (Å²) >= 11 is 0. The number of pyridine rings is 1. The molecular formula is C27H29N5O5. The summed E-state index contributed by atoms with van der Waals surface area (Å²) in [5.41, 5.74) is 10.8. The highest BCUT2D eigenvalue weighted by atomic mass is 16.5. The fourth-order valence-electron chi connectivity index (χ4n) is 4.96. The van der Waals surface area contributed by atoms with Gasteiger partial charge >= 0.3 is 0 Å². The Bertz CT molecular complexity index is 1360. The minimum absolute atomic E-state index is 0.0193. The third kappa shape index (κ3) is 4.44. The monoisotopic (exact) mass is 503 g/mol. The normalized spacial score (nSPS) is 18.6. The zero-order valence-corrected chi connectivity index (χ0v) is 21.4. The number of ketones is 1. The highest BCUT2D eigenvalue weighted by molar-refractivity contribution is 6.01. The summed E-state index contributed by atoms with van der Waals surface area (Å²) < 4.78 is 16.7. The number of methoxy groups -OCH3 is 3. The molecule has 1 atom stereocenters. The fraction of sp³-hybridized carbons (Fsp3) is 0.333. The van der Waals surface area contributed by atoms with E-state index in [1.165, 1.54) is 32.5 Å². The zero-order chi connectivity index (χ0) is 26.9. The van der Waals surface area contributed by atoms with E-state index in [0.29, 0.717) is 46.1 Å². The number of aromatic nitrogens is 1. The van der Waals surface area contributed by atoms with E-state index in [1.54, 1.807) is 30.5 Å². The van der Waals surface area contributed by atoms with E-state index in [2.05, 4.69) is 16.5 Å². The molecule has 0 spiro atoms. The molecular weight excluding hydrogens is 474 g/mol. The highest BCUT2D eigenvalue weighted by Crippen LogP contribution is 2.52. The molecule has 3 N–H and O–H groups in total. The summed E-state index contributed by atoms with van der Waals surface area (Å²) in [6.07, 6.45) is 3.69. The molecule has 0 saturated carbocycles. The summed E-state index contributed by atoms with van der Waals surface area (Å²) in [5.74, 6) is -0.339. The number of nitrogens with one attached hydrogen (secondary N) is 1. The number of Topliss-reactive ketones (excluding diaryl/α,β-unsaturated/α-hetero) is 1. The van der Waals surface area contributed by atoms with Gasteiger partial charge in [-0.2, -0.15) is 5.26 Å². The summed E-state index contributed by atoms with van der Waals surface area (Å²) in [4.78, 5) is 30.8. The zero-order valence-electron chi connectivity index (χ0n) is 21.4. The molecule has 1 unspecified atom stereocenters. The van der Waals surface area contributed by atoms with Gasteiger partial charge in [-0.3, -0.25) is 20.0 Å². The largest absolute Gasteiger partial charge is 0.493 e. The lowest BCUT2D eigenvalue weighted by atomic mass is 9.69. The minimum atomic E-state index is -0.829. The average Bonchev–Trinajstić information content (AvgIpc) is 2.88. The number of rotatable bonds is 6. The number of hydrogen-bond donors (Lipinski definition) is 2. The molecule has 1 aromatic heterocycles. The van der Waals surface area contributed by atoms with Crippen molar-refractivity contribution >= 4 is 11.7 Å². The Morgan fingerprint density at radius 3 is 2.49 bits per heavy atom. The lowest BCUT2D eigenvalue weighted by Gasteiger charge is -2.43. The summed E-state index contributed by atoms with van der Waals surface area (Å²) in [7, 11) is 4.46. The number of carbonyl (C=O) groups excluding carboxylic acids is 2. The SMILES string of the molecule is COc1ccc(C2C(C#N)=C(N)N(NC(=O)c3cccnc3)C3=C2C(=O)CC(C)(C)C3)c(OC)c1OC. The molecule has 2 aromatic rings. The smallest absolute Gasteiger partial charge is 0.271 e. The number of ether oxygens (including phenoxy) is 3. The molecule has 10 heteroatoms. The van der Waals surface area contributed by atoms with E-state index in [-0.39, 0.29) is 23.6 Å². The van der Waals surface area contributed by atoms with Gasteiger partial charge in [-0.25, -0.2) is 5.01 Å². The Balaban J connectivity index is 1.94. The molecule has 4 rings (SSSR count). The van der Waals surface area contributed by atoms with E-state index < -0.39 is 17.2 Å². The topological polar surface area (TPSA) is 140 Å². The van der Waals surface area contributed by atoms with Crippen LogP contribution >= 0.6 is 0 Å². The van der Waals surface area contributed by atoms with Crippen LogP contribution in [0.4, 0.5) is 0 Å². The van der Waals surface area contributed by atoms with Gasteiger partial charge < -0.3 is 19.9 Å². The number of nitriles is 1. The molecule has 1 amide bonds. The second kappa shape index (κ2) is 9.85. The first kappa shape index (κ1) is 25.6. The van der Waals surface area contributed by atoms with Crippen LogP contribution in [0.2, 0.25) is 0 Å². The van der Waals surface area contributed by atoms with Gasteiger partial charge in [-0.15, -0.1) is 0 Å². The quantitative estimate of drug-likeness (QED) is 0.608. The standard InChI is InChI=1S/C27H29N5O5/c1-27(2)11-18-22(19(33)12-27)21(16-8-9-20(35-3)24(37-5)23(16)36-4)17(13-28)25(29)32(18)31-26(34)15-7-6-10-30-14-15/h6-10,14,21H,11-12,29H2,1-5H3,(H,31,34). The molecule has 0 saturated heterocycles. The van der Waals surface area contributed by atoms with Crippen molar-refractivity contribution in [2.45, 2.75) is 32.6 Å². The summed E-state index contributed by atoms with van der Waals surface area (Å²) in [6.45, 7) is 3.95. The number of amides is 1. The van der Waals surface area contributed by atoms with Crippen molar-refractivity contribution in [1.29, 1.82) is 5.26 Å². The number of benzene rings is 1. The lowest BCUT2D eigenvalue weighted by molar-refractivity contribution is -0.118. The third-order valence-corrected chi connectivity index (χ3v) is 6.56. The van der Waals surface area contributed by atoms with E-state index in [1.807, 2.05) is 13.8 Å². The maximum absolute atomic E-state index is 13.7. The van der Waals surface area contributed by atoms with E-state index in [0.717, 1.165) is 0 Å². The predicted molar refractivity (Wildman–Crippen MR) is 134 cm³/mol. The molecule has 1 aliphatic heterocycles. The molecule has 37 heavy (non-hydrogen) atoms. The van der Waals surface area contributed by atoms with Crippen LogP contribution in [0.25, 0.3) is 0 Å². The van der Waals surface area contributed by atoms with Crippen molar-refractivity contribution in [3.8, 4) is 23.3 Å². The summed E-state index contributed by atoms with van der Waals surface area (Å²) in [6, 6.07) is 8.85. The Labute approximate surface area is 215 Å². The summed E-state index contributed by atoms with van der Waals surface area (Å²) in [5, 5.41) is 11.6. The van der Waals surface area contributed by atoms with Gasteiger partial charge in [-0.1, -0.05) is 19.9 Å². The van der Waals surface area contributed by atoms with Gasteiger partial charge in [0.25, 0.3) is 5.91 Å². The third-order valence-electron chi connectivity index (χ3n) is 6.56. The molecule has 10 nitrogen and oxygen atoms in total. The lowest BCUT2D eigenvalue weighted by Crippen LogP contribution is -2.49. The number of hydrazine groups is 1. The van der Waals surface area contributed by atoms with Gasteiger partial charge in [-0.05, 0) is 30.0 Å². The number of hydrogen-bond acceptors (Lipinski definition) is 9. The van der Waals surface area contributed by atoms with Gasteiger partial charge in [0.05, 0.1) is 50.2 Å². The van der Waals surface area contributed by atoms with E-state index in [4.69, 9.17) is 19.9 Å². The van der Waals surface area contributed by atoms with Crippen LogP contribution in [0.1, 0.15) is 48.5 Å². The van der Waals surface area contributed by atoms with Crippen molar-refractivity contribution in [2.75, 3.05) is 21.3 Å². The van der Waals surface area contributed by atoms with Crippen LogP contribution in [-0.4, -0.2) is 43.0 Å². The first-order valence-electron chi connectivity index (χ1n) is 11.6. The Morgan fingerprint density at radius 2 is 1.89 bits per heavy atom. The van der Waals surface area contributed by atoms with Crippen molar-refractivity contribution in [3.05, 3.63) is 70.5 Å². The second-order valence-corrected chi connectivity index (χ2v) is 9.59. The number of nitrogens with zero attached hydrogens (tertiary/aromatic N) is 3. The van der Waals surface area contributed by atoms with E-state index >= 15 is 0 Å². The number of carbonyl (C=O) groups is 2. The van der Waals surface area contributed by atoms with Gasteiger partial charge in [0.15, 0.2) is 17.3 Å². The van der Waals surface area contributed by atoms with Crippen molar-refractivity contribution < 1.29 is 23.8 Å². The van der Waals surface area contributed by atoms with Crippen molar-refractivity contribution in [1.82, 2.24) is 15.4 Å². The Kier molecular flexibility index (Phi) is 6.81.